The summed E-state index contributed by atoms with van der Waals surface area (Å²) in [6.45, 7) is 2.52. The summed E-state index contributed by atoms with van der Waals surface area (Å²) < 4.78 is 5.05. The van der Waals surface area contributed by atoms with Gasteiger partial charge in [0.1, 0.15) is 5.82 Å². The fourth-order valence-electron chi connectivity index (χ4n) is 1.36. The number of nitrogens with two attached hydrogens (primary N) is 1. The Morgan fingerprint density at radius 3 is 2.88 bits per heavy atom. The zero-order valence-electron chi connectivity index (χ0n) is 9.31. The monoisotopic (exact) mass is 285 g/mol. The van der Waals surface area contributed by atoms with Crippen LogP contribution >= 0.6 is 34.9 Å². The van der Waals surface area contributed by atoms with Gasteiger partial charge in [0.25, 0.3) is 0 Å². The highest BCUT2D eigenvalue weighted by Gasteiger charge is 2.07. The van der Waals surface area contributed by atoms with Crippen molar-refractivity contribution in [3.8, 4) is 0 Å². The predicted molar refractivity (Wildman–Crippen MR) is 73.0 cm³/mol. The molecule has 0 aliphatic heterocycles. The van der Waals surface area contributed by atoms with Crippen LogP contribution in [0.15, 0.2) is 27.4 Å². The molecule has 1 aromatic heterocycles. The van der Waals surface area contributed by atoms with Crippen molar-refractivity contribution in [2.75, 3.05) is 6.54 Å². The minimum absolute atomic E-state index is 0.637. The molecule has 0 aliphatic rings. The number of nitrogens with zero attached hydrogens (tertiary/aromatic N) is 2. The Balaban J connectivity index is 2.16. The quantitative estimate of drug-likeness (QED) is 0.937. The van der Waals surface area contributed by atoms with Gasteiger partial charge in [-0.15, -0.1) is 0 Å². The molecule has 0 aliphatic carbocycles. The van der Waals surface area contributed by atoms with Crippen LogP contribution in [-0.2, 0) is 6.42 Å². The van der Waals surface area contributed by atoms with Gasteiger partial charge in [0.2, 0.25) is 0 Å². The highest BCUT2D eigenvalue weighted by atomic mass is 35.5. The maximum atomic E-state index is 6.22. The van der Waals surface area contributed by atoms with Crippen molar-refractivity contribution in [1.82, 2.24) is 9.36 Å². The van der Waals surface area contributed by atoms with E-state index in [0.717, 1.165) is 32.1 Å². The van der Waals surface area contributed by atoms with Crippen LogP contribution in [-0.4, -0.2) is 15.9 Å². The second kappa shape index (κ2) is 5.82. The molecule has 0 fully saturated rings. The zero-order chi connectivity index (χ0) is 12.3. The van der Waals surface area contributed by atoms with Crippen LogP contribution in [0.1, 0.15) is 11.4 Å². The molecule has 0 unspecified atom stereocenters. The fraction of sp³-hybridized carbons (Fsp3) is 0.273. The molecule has 0 atom stereocenters. The van der Waals surface area contributed by atoms with E-state index >= 15 is 0 Å². The third-order valence-corrected chi connectivity index (χ3v) is 4.48. The average Bonchev–Trinajstić information content (AvgIpc) is 2.69. The first-order valence-electron chi connectivity index (χ1n) is 5.15. The fourth-order valence-corrected chi connectivity index (χ4v) is 3.29. The number of benzene rings is 1. The van der Waals surface area contributed by atoms with E-state index in [1.165, 1.54) is 11.5 Å². The summed E-state index contributed by atoms with van der Waals surface area (Å²) >= 11 is 9.15. The molecule has 3 nitrogen and oxygen atoms in total. The molecule has 2 rings (SSSR count). The number of aryl methyl sites for hydroxylation is 1. The van der Waals surface area contributed by atoms with Gasteiger partial charge >= 0.3 is 0 Å². The van der Waals surface area contributed by atoms with E-state index in [4.69, 9.17) is 17.3 Å². The second-order valence-electron chi connectivity index (χ2n) is 3.51. The number of rotatable bonds is 4. The van der Waals surface area contributed by atoms with Crippen molar-refractivity contribution in [3.63, 3.8) is 0 Å². The predicted octanol–water partition coefficient (Wildman–Crippen LogP) is 3.15. The van der Waals surface area contributed by atoms with Crippen LogP contribution < -0.4 is 5.73 Å². The summed E-state index contributed by atoms with van der Waals surface area (Å²) in [4.78, 5) is 5.30. The van der Waals surface area contributed by atoms with Gasteiger partial charge in [0.05, 0.1) is 5.02 Å². The lowest BCUT2D eigenvalue weighted by Gasteiger charge is -2.04. The van der Waals surface area contributed by atoms with E-state index in [1.54, 1.807) is 11.8 Å². The minimum atomic E-state index is 0.637. The first kappa shape index (κ1) is 12.8. The molecule has 2 aromatic rings. The van der Waals surface area contributed by atoms with Gasteiger partial charge in [-0.1, -0.05) is 29.4 Å². The number of hydrogen-bond donors (Lipinski definition) is 1. The van der Waals surface area contributed by atoms with Crippen LogP contribution in [0.4, 0.5) is 0 Å². The van der Waals surface area contributed by atoms with E-state index in [2.05, 4.69) is 15.4 Å². The van der Waals surface area contributed by atoms with E-state index in [1.807, 2.05) is 19.1 Å². The van der Waals surface area contributed by atoms with Crippen LogP contribution in [0.25, 0.3) is 0 Å². The molecule has 1 heterocycles. The molecular formula is C11H12ClN3S2. The van der Waals surface area contributed by atoms with Crippen LogP contribution in [0.3, 0.4) is 0 Å². The maximum Gasteiger partial charge on any atom is 0.174 e. The van der Waals surface area contributed by atoms with Crippen molar-refractivity contribution in [3.05, 3.63) is 34.6 Å². The van der Waals surface area contributed by atoms with Crippen LogP contribution in [0.2, 0.25) is 5.02 Å². The average molecular weight is 286 g/mol. The van der Waals surface area contributed by atoms with Crippen molar-refractivity contribution >= 4 is 34.9 Å². The summed E-state index contributed by atoms with van der Waals surface area (Å²) in [5, 5.41) is 0.744. The molecule has 0 spiro atoms. The summed E-state index contributed by atoms with van der Waals surface area (Å²) in [6, 6.07) is 6.02. The second-order valence-corrected chi connectivity index (χ2v) is 5.96. The van der Waals surface area contributed by atoms with E-state index in [-0.39, 0.29) is 0 Å². The lowest BCUT2D eigenvalue weighted by Crippen LogP contribution is -2.02. The molecule has 6 heteroatoms. The summed E-state index contributed by atoms with van der Waals surface area (Å²) in [6.07, 6.45) is 0.850. The van der Waals surface area contributed by atoms with Gasteiger partial charge < -0.3 is 5.73 Å². The van der Waals surface area contributed by atoms with Gasteiger partial charge in [0, 0.05) is 4.90 Å². The van der Waals surface area contributed by atoms with Crippen molar-refractivity contribution in [2.45, 2.75) is 22.6 Å². The van der Waals surface area contributed by atoms with E-state index < -0.39 is 0 Å². The van der Waals surface area contributed by atoms with Crippen molar-refractivity contribution in [2.24, 2.45) is 5.73 Å². The Morgan fingerprint density at radius 1 is 1.47 bits per heavy atom. The topological polar surface area (TPSA) is 51.8 Å². The normalized spacial score (nSPS) is 10.8. The summed E-state index contributed by atoms with van der Waals surface area (Å²) in [5.41, 5.74) is 6.67. The third-order valence-electron chi connectivity index (χ3n) is 2.14. The molecule has 1 aromatic carbocycles. The molecule has 0 bridgehead atoms. The van der Waals surface area contributed by atoms with Crippen molar-refractivity contribution < 1.29 is 0 Å². The lowest BCUT2D eigenvalue weighted by atomic mass is 10.1. The molecule has 0 saturated carbocycles. The summed E-state index contributed by atoms with van der Waals surface area (Å²) in [5.74, 6) is 0.799. The zero-order valence-corrected chi connectivity index (χ0v) is 11.7. The smallest absolute Gasteiger partial charge is 0.174 e. The maximum absolute atomic E-state index is 6.22. The lowest BCUT2D eigenvalue weighted by molar-refractivity contribution is 0.966. The van der Waals surface area contributed by atoms with Crippen molar-refractivity contribution in [1.29, 1.82) is 0 Å². The third kappa shape index (κ3) is 3.42. The minimum Gasteiger partial charge on any atom is -0.330 e. The van der Waals surface area contributed by atoms with Gasteiger partial charge in [-0.3, -0.25) is 0 Å². The number of halogens is 1. The Morgan fingerprint density at radius 2 is 2.29 bits per heavy atom. The standard InChI is InChI=1S/C11H12ClN3S2/c1-7-14-11(17-15-7)16-10-3-2-8(4-5-13)6-9(10)12/h2-3,6H,4-5,13H2,1H3. The number of hydrogen-bond acceptors (Lipinski definition) is 5. The first-order valence-corrected chi connectivity index (χ1v) is 7.12. The van der Waals surface area contributed by atoms with Crippen LogP contribution in [0, 0.1) is 6.92 Å². The Hall–Kier alpha value is -0.620. The molecule has 0 amide bonds. The van der Waals surface area contributed by atoms with E-state index in [0.29, 0.717) is 6.54 Å². The van der Waals surface area contributed by atoms with E-state index in [9.17, 15) is 0 Å². The van der Waals surface area contributed by atoms with Gasteiger partial charge in [-0.05, 0) is 49.1 Å². The molecule has 17 heavy (non-hydrogen) atoms. The molecule has 0 radical (unpaired) electrons. The highest BCUT2D eigenvalue weighted by molar-refractivity contribution is 8.01. The molecule has 90 valence electrons. The van der Waals surface area contributed by atoms with Crippen LogP contribution in [0.5, 0.6) is 0 Å². The Kier molecular flexibility index (Phi) is 4.39. The SMILES string of the molecule is Cc1nsc(Sc2ccc(CCN)cc2Cl)n1. The largest absolute Gasteiger partial charge is 0.330 e. The Labute approximate surface area is 114 Å². The molecular weight excluding hydrogens is 274 g/mol. The first-order chi connectivity index (χ1) is 8.19. The number of aromatic nitrogens is 2. The summed E-state index contributed by atoms with van der Waals surface area (Å²) in [7, 11) is 0. The molecule has 0 saturated heterocycles. The highest BCUT2D eigenvalue weighted by Crippen LogP contribution is 2.34. The van der Waals surface area contributed by atoms with Gasteiger partial charge in [-0.25, -0.2) is 4.98 Å². The van der Waals surface area contributed by atoms with Gasteiger partial charge in [-0.2, -0.15) is 4.37 Å². The Bertz CT molecular complexity index is 513. The van der Waals surface area contributed by atoms with Gasteiger partial charge in [0.15, 0.2) is 4.34 Å². The molecule has 2 N–H and O–H groups in total.